The van der Waals surface area contributed by atoms with Crippen LogP contribution in [0.4, 0.5) is 5.69 Å². The molecule has 0 aliphatic heterocycles. The van der Waals surface area contributed by atoms with E-state index in [1.54, 1.807) is 11.1 Å². The van der Waals surface area contributed by atoms with Gasteiger partial charge in [0.25, 0.3) is 0 Å². The Morgan fingerprint density at radius 3 is 2.47 bits per heavy atom. The Morgan fingerprint density at radius 1 is 1.00 bits per heavy atom. The number of fused-ring (bicyclic) bond motifs is 1. The molecule has 0 amide bonds. The Kier molecular flexibility index (Phi) is 3.81. The average molecular weight is 257 g/mol. The fourth-order valence-electron chi connectivity index (χ4n) is 3.83. The van der Waals surface area contributed by atoms with Gasteiger partial charge in [0.1, 0.15) is 0 Å². The predicted molar refractivity (Wildman–Crippen MR) is 82.7 cm³/mol. The maximum atomic E-state index is 3.77. The zero-order valence-electron chi connectivity index (χ0n) is 12.4. The lowest BCUT2D eigenvalue weighted by atomic mass is 9.79. The van der Waals surface area contributed by atoms with Gasteiger partial charge in [-0.1, -0.05) is 19.9 Å². The smallest absolute Gasteiger partial charge is 0.0345 e. The lowest BCUT2D eigenvalue weighted by Gasteiger charge is -2.32. The van der Waals surface area contributed by atoms with Gasteiger partial charge in [-0.3, -0.25) is 0 Å². The summed E-state index contributed by atoms with van der Waals surface area (Å²) >= 11 is 0. The molecule has 0 saturated heterocycles. The van der Waals surface area contributed by atoms with Gasteiger partial charge in [0.15, 0.2) is 0 Å². The van der Waals surface area contributed by atoms with Gasteiger partial charge in [0.05, 0.1) is 0 Å². The van der Waals surface area contributed by atoms with Crippen LogP contribution in [0.2, 0.25) is 0 Å². The molecule has 0 radical (unpaired) electrons. The minimum atomic E-state index is 0.703. The molecule has 104 valence electrons. The van der Waals surface area contributed by atoms with Crippen molar-refractivity contribution >= 4 is 5.69 Å². The highest BCUT2D eigenvalue weighted by atomic mass is 14.9. The van der Waals surface area contributed by atoms with Gasteiger partial charge >= 0.3 is 0 Å². The molecule has 0 bridgehead atoms. The zero-order valence-corrected chi connectivity index (χ0v) is 12.4. The highest BCUT2D eigenvalue weighted by Crippen LogP contribution is 2.32. The summed E-state index contributed by atoms with van der Waals surface area (Å²) < 4.78 is 0. The Labute approximate surface area is 117 Å². The zero-order chi connectivity index (χ0) is 13.2. The summed E-state index contributed by atoms with van der Waals surface area (Å²) in [5.41, 5.74) is 4.52. The molecule has 0 aromatic heterocycles. The van der Waals surface area contributed by atoms with Crippen LogP contribution < -0.4 is 5.32 Å². The van der Waals surface area contributed by atoms with Gasteiger partial charge in [0.2, 0.25) is 0 Å². The SMILES string of the molecule is CC(C)C1CCC(Nc2ccc3c(c2)CCC3)CC1. The first-order chi connectivity index (χ1) is 9.22. The third kappa shape index (κ3) is 2.96. The summed E-state index contributed by atoms with van der Waals surface area (Å²) in [5.74, 6) is 1.82. The van der Waals surface area contributed by atoms with E-state index in [-0.39, 0.29) is 0 Å². The van der Waals surface area contributed by atoms with Crippen LogP contribution in [0.1, 0.15) is 57.1 Å². The number of aryl methyl sites for hydroxylation is 2. The van der Waals surface area contributed by atoms with Crippen molar-refractivity contribution in [2.45, 2.75) is 64.8 Å². The molecule has 1 heteroatoms. The van der Waals surface area contributed by atoms with Gasteiger partial charge in [-0.05, 0) is 80.0 Å². The molecule has 3 rings (SSSR count). The number of hydrogen-bond donors (Lipinski definition) is 1. The molecule has 1 saturated carbocycles. The molecule has 2 aliphatic carbocycles. The first-order valence-corrected chi connectivity index (χ1v) is 8.10. The van der Waals surface area contributed by atoms with Gasteiger partial charge in [-0.15, -0.1) is 0 Å². The second kappa shape index (κ2) is 5.56. The van der Waals surface area contributed by atoms with Crippen molar-refractivity contribution < 1.29 is 0 Å². The number of anilines is 1. The van der Waals surface area contributed by atoms with Crippen LogP contribution in [-0.4, -0.2) is 6.04 Å². The van der Waals surface area contributed by atoms with Gasteiger partial charge in [0, 0.05) is 11.7 Å². The van der Waals surface area contributed by atoms with E-state index in [1.165, 1.54) is 50.6 Å². The number of hydrogen-bond acceptors (Lipinski definition) is 1. The summed E-state index contributed by atoms with van der Waals surface area (Å²) in [7, 11) is 0. The topological polar surface area (TPSA) is 12.0 Å². The van der Waals surface area contributed by atoms with Crippen LogP contribution in [-0.2, 0) is 12.8 Å². The summed E-state index contributed by atoms with van der Waals surface area (Å²) in [6, 6.07) is 7.73. The largest absolute Gasteiger partial charge is 0.382 e. The van der Waals surface area contributed by atoms with Crippen molar-refractivity contribution in [1.29, 1.82) is 0 Å². The second-order valence-electron chi connectivity index (χ2n) is 6.84. The maximum Gasteiger partial charge on any atom is 0.0345 e. The molecule has 1 nitrogen and oxygen atoms in total. The van der Waals surface area contributed by atoms with E-state index in [2.05, 4.69) is 37.4 Å². The molecular weight excluding hydrogens is 230 g/mol. The van der Waals surface area contributed by atoms with Crippen molar-refractivity contribution in [3.8, 4) is 0 Å². The van der Waals surface area contributed by atoms with Gasteiger partial charge in [-0.2, -0.15) is 0 Å². The standard InChI is InChI=1S/C18H27N/c1-13(2)14-6-9-17(10-7-14)19-18-11-8-15-4-3-5-16(15)12-18/h8,11-14,17,19H,3-7,9-10H2,1-2H3. The first-order valence-electron chi connectivity index (χ1n) is 8.10. The van der Waals surface area contributed by atoms with Crippen molar-refractivity contribution in [2.75, 3.05) is 5.32 Å². The number of nitrogens with one attached hydrogen (secondary N) is 1. The highest BCUT2D eigenvalue weighted by molar-refractivity contribution is 5.50. The third-order valence-corrected chi connectivity index (χ3v) is 5.18. The van der Waals surface area contributed by atoms with E-state index in [1.807, 2.05) is 0 Å². The Morgan fingerprint density at radius 2 is 1.74 bits per heavy atom. The molecule has 1 aromatic rings. The lowest BCUT2D eigenvalue weighted by Crippen LogP contribution is -2.27. The molecule has 1 fully saturated rings. The van der Waals surface area contributed by atoms with E-state index in [0.29, 0.717) is 6.04 Å². The average Bonchev–Trinajstić information content (AvgIpc) is 2.87. The summed E-state index contributed by atoms with van der Waals surface area (Å²) in [4.78, 5) is 0. The Bertz CT molecular complexity index is 427. The fraction of sp³-hybridized carbons (Fsp3) is 0.667. The van der Waals surface area contributed by atoms with E-state index in [0.717, 1.165) is 11.8 Å². The van der Waals surface area contributed by atoms with Gasteiger partial charge in [-0.25, -0.2) is 0 Å². The van der Waals surface area contributed by atoms with Crippen LogP contribution in [0.5, 0.6) is 0 Å². The summed E-state index contributed by atoms with van der Waals surface area (Å²) in [6.07, 6.45) is 9.42. The molecule has 0 spiro atoms. The third-order valence-electron chi connectivity index (χ3n) is 5.18. The Hall–Kier alpha value is -0.980. The minimum Gasteiger partial charge on any atom is -0.382 e. The van der Waals surface area contributed by atoms with Crippen molar-refractivity contribution in [3.05, 3.63) is 29.3 Å². The van der Waals surface area contributed by atoms with Crippen LogP contribution in [0, 0.1) is 11.8 Å². The second-order valence-corrected chi connectivity index (χ2v) is 6.84. The van der Waals surface area contributed by atoms with Crippen molar-refractivity contribution in [3.63, 3.8) is 0 Å². The van der Waals surface area contributed by atoms with E-state index in [9.17, 15) is 0 Å². The quantitative estimate of drug-likeness (QED) is 0.820. The monoisotopic (exact) mass is 257 g/mol. The molecule has 19 heavy (non-hydrogen) atoms. The van der Waals surface area contributed by atoms with Crippen LogP contribution in [0.3, 0.4) is 0 Å². The lowest BCUT2D eigenvalue weighted by molar-refractivity contribution is 0.267. The molecule has 2 aliphatic rings. The van der Waals surface area contributed by atoms with Gasteiger partial charge < -0.3 is 5.32 Å². The first kappa shape index (κ1) is 13.0. The van der Waals surface area contributed by atoms with E-state index < -0.39 is 0 Å². The van der Waals surface area contributed by atoms with E-state index in [4.69, 9.17) is 0 Å². The molecule has 0 unspecified atom stereocenters. The highest BCUT2D eigenvalue weighted by Gasteiger charge is 2.23. The normalized spacial score (nSPS) is 26.5. The molecular formula is C18H27N. The van der Waals surface area contributed by atoms with Crippen LogP contribution in [0.15, 0.2) is 18.2 Å². The van der Waals surface area contributed by atoms with Crippen molar-refractivity contribution in [1.82, 2.24) is 0 Å². The maximum absolute atomic E-state index is 3.77. The minimum absolute atomic E-state index is 0.703. The van der Waals surface area contributed by atoms with Crippen LogP contribution >= 0.6 is 0 Å². The van der Waals surface area contributed by atoms with E-state index >= 15 is 0 Å². The van der Waals surface area contributed by atoms with Crippen LogP contribution in [0.25, 0.3) is 0 Å². The Balaban J connectivity index is 1.58. The molecule has 0 atom stereocenters. The summed E-state index contributed by atoms with van der Waals surface area (Å²) in [5, 5.41) is 3.77. The van der Waals surface area contributed by atoms with Crippen molar-refractivity contribution in [2.24, 2.45) is 11.8 Å². The fourth-order valence-corrected chi connectivity index (χ4v) is 3.83. The molecule has 1 N–H and O–H groups in total. The number of benzene rings is 1. The summed E-state index contributed by atoms with van der Waals surface area (Å²) in [6.45, 7) is 4.75. The molecule has 1 aromatic carbocycles. The predicted octanol–water partition coefficient (Wildman–Crippen LogP) is 4.80. The molecule has 0 heterocycles. The number of rotatable bonds is 3.